The number of amides is 2. The lowest BCUT2D eigenvalue weighted by molar-refractivity contribution is -0.136. The highest BCUT2D eigenvalue weighted by Crippen LogP contribution is 2.23. The van der Waals surface area contributed by atoms with E-state index in [0.29, 0.717) is 18.5 Å². The number of nitrogens with zero attached hydrogens (tertiary/aromatic N) is 2. The molecule has 0 spiro atoms. The SMILES string of the molecule is CC(=O)N[C@H]1CCN(C(=O)C2CCN(C(C)C)CC2)C1. The predicted octanol–water partition coefficient (Wildman–Crippen LogP) is 0.844. The molecule has 1 atom stereocenters. The molecule has 2 heterocycles. The van der Waals surface area contributed by atoms with Gasteiger partial charge >= 0.3 is 0 Å². The summed E-state index contributed by atoms with van der Waals surface area (Å²) >= 11 is 0. The van der Waals surface area contributed by atoms with Gasteiger partial charge < -0.3 is 15.1 Å². The maximum atomic E-state index is 12.5. The third kappa shape index (κ3) is 3.72. The van der Waals surface area contributed by atoms with Crippen LogP contribution < -0.4 is 5.32 Å². The van der Waals surface area contributed by atoms with E-state index in [1.807, 2.05) is 4.90 Å². The molecule has 0 aromatic heterocycles. The number of hydrogen-bond donors (Lipinski definition) is 1. The Bertz CT molecular complexity index is 362. The summed E-state index contributed by atoms with van der Waals surface area (Å²) < 4.78 is 0. The fourth-order valence-corrected chi connectivity index (χ4v) is 3.29. The van der Waals surface area contributed by atoms with Gasteiger partial charge in [-0.2, -0.15) is 0 Å². The van der Waals surface area contributed by atoms with Crippen LogP contribution in [0.15, 0.2) is 0 Å². The molecule has 2 rings (SSSR count). The highest BCUT2D eigenvalue weighted by Gasteiger charge is 2.33. The Hall–Kier alpha value is -1.10. The lowest BCUT2D eigenvalue weighted by Crippen LogP contribution is -2.44. The number of rotatable bonds is 3. The second-order valence-electron chi connectivity index (χ2n) is 6.37. The first-order valence-corrected chi connectivity index (χ1v) is 7.77. The van der Waals surface area contributed by atoms with E-state index in [1.165, 1.54) is 6.92 Å². The van der Waals surface area contributed by atoms with E-state index in [-0.39, 0.29) is 17.9 Å². The van der Waals surface area contributed by atoms with Crippen molar-refractivity contribution in [2.75, 3.05) is 26.2 Å². The van der Waals surface area contributed by atoms with E-state index in [1.54, 1.807) is 0 Å². The molecule has 0 radical (unpaired) electrons. The van der Waals surface area contributed by atoms with Crippen LogP contribution in [0.3, 0.4) is 0 Å². The largest absolute Gasteiger partial charge is 0.352 e. The molecule has 114 valence electrons. The average Bonchev–Trinajstić information content (AvgIpc) is 2.85. The van der Waals surface area contributed by atoms with Crippen LogP contribution in [0, 0.1) is 5.92 Å². The molecular formula is C15H27N3O2. The Kier molecular flexibility index (Phi) is 5.02. The summed E-state index contributed by atoms with van der Waals surface area (Å²) in [5.74, 6) is 0.469. The molecule has 5 heteroatoms. The molecule has 0 bridgehead atoms. The van der Waals surface area contributed by atoms with E-state index in [2.05, 4.69) is 24.1 Å². The summed E-state index contributed by atoms with van der Waals surface area (Å²) in [5.41, 5.74) is 0. The minimum atomic E-state index is -0.00506. The zero-order chi connectivity index (χ0) is 14.7. The van der Waals surface area contributed by atoms with Crippen molar-refractivity contribution in [2.45, 2.75) is 52.1 Å². The molecule has 0 aromatic rings. The van der Waals surface area contributed by atoms with Crippen molar-refractivity contribution in [3.63, 3.8) is 0 Å². The first kappa shape index (κ1) is 15.3. The average molecular weight is 281 g/mol. The summed E-state index contributed by atoms with van der Waals surface area (Å²) in [7, 11) is 0. The van der Waals surface area contributed by atoms with Crippen LogP contribution in [-0.2, 0) is 9.59 Å². The second-order valence-corrected chi connectivity index (χ2v) is 6.37. The fourth-order valence-electron chi connectivity index (χ4n) is 3.29. The van der Waals surface area contributed by atoms with Crippen LogP contribution in [0.2, 0.25) is 0 Å². The van der Waals surface area contributed by atoms with Gasteiger partial charge in [0.1, 0.15) is 0 Å². The zero-order valence-corrected chi connectivity index (χ0v) is 12.9. The van der Waals surface area contributed by atoms with Crippen LogP contribution in [0.25, 0.3) is 0 Å². The maximum absolute atomic E-state index is 12.5. The summed E-state index contributed by atoms with van der Waals surface area (Å²) in [5, 5.41) is 2.91. The molecular weight excluding hydrogens is 254 g/mol. The summed E-state index contributed by atoms with van der Waals surface area (Å²) in [6.45, 7) is 9.47. The standard InChI is InChI=1S/C15H27N3O2/c1-11(2)17-7-4-13(5-8-17)15(20)18-9-6-14(10-18)16-12(3)19/h11,13-14H,4-10H2,1-3H3,(H,16,19)/t14-/m0/s1. The Morgan fingerprint density at radius 2 is 1.75 bits per heavy atom. The van der Waals surface area contributed by atoms with E-state index >= 15 is 0 Å². The van der Waals surface area contributed by atoms with Crippen LogP contribution in [0.1, 0.15) is 40.0 Å². The molecule has 0 saturated carbocycles. The molecule has 5 nitrogen and oxygen atoms in total. The molecule has 2 fully saturated rings. The first-order valence-electron chi connectivity index (χ1n) is 7.77. The van der Waals surface area contributed by atoms with Crippen molar-refractivity contribution in [3.05, 3.63) is 0 Å². The van der Waals surface area contributed by atoms with E-state index < -0.39 is 0 Å². The minimum Gasteiger partial charge on any atom is -0.352 e. The van der Waals surface area contributed by atoms with Crippen molar-refractivity contribution in [1.82, 2.24) is 15.1 Å². The minimum absolute atomic E-state index is 0.00506. The van der Waals surface area contributed by atoms with Crippen LogP contribution >= 0.6 is 0 Å². The van der Waals surface area contributed by atoms with Gasteiger partial charge in [-0.15, -0.1) is 0 Å². The molecule has 1 N–H and O–H groups in total. The number of piperidine rings is 1. The smallest absolute Gasteiger partial charge is 0.225 e. The molecule has 2 amide bonds. The number of carbonyl (C=O) groups is 2. The van der Waals surface area contributed by atoms with Crippen molar-refractivity contribution < 1.29 is 9.59 Å². The van der Waals surface area contributed by atoms with Gasteiger partial charge in [-0.05, 0) is 46.2 Å². The third-order valence-corrected chi connectivity index (χ3v) is 4.52. The van der Waals surface area contributed by atoms with Gasteiger partial charge in [0, 0.05) is 38.0 Å². The molecule has 0 aliphatic carbocycles. The van der Waals surface area contributed by atoms with Crippen LogP contribution in [0.4, 0.5) is 0 Å². The molecule has 0 aromatic carbocycles. The number of hydrogen-bond acceptors (Lipinski definition) is 3. The first-order chi connectivity index (χ1) is 9.47. The molecule has 2 aliphatic heterocycles. The predicted molar refractivity (Wildman–Crippen MR) is 78.2 cm³/mol. The Morgan fingerprint density at radius 3 is 2.30 bits per heavy atom. The van der Waals surface area contributed by atoms with Gasteiger partial charge in [-0.25, -0.2) is 0 Å². The van der Waals surface area contributed by atoms with Crippen molar-refractivity contribution >= 4 is 11.8 Å². The van der Waals surface area contributed by atoms with Gasteiger partial charge in [-0.3, -0.25) is 9.59 Å². The number of likely N-dealkylation sites (tertiary alicyclic amines) is 2. The Morgan fingerprint density at radius 1 is 1.10 bits per heavy atom. The van der Waals surface area contributed by atoms with Crippen molar-refractivity contribution in [2.24, 2.45) is 5.92 Å². The lowest BCUT2D eigenvalue weighted by Gasteiger charge is -2.35. The van der Waals surface area contributed by atoms with Crippen LogP contribution in [0.5, 0.6) is 0 Å². The number of carbonyl (C=O) groups excluding carboxylic acids is 2. The normalized spacial score (nSPS) is 25.2. The number of nitrogens with one attached hydrogen (secondary N) is 1. The highest BCUT2D eigenvalue weighted by molar-refractivity contribution is 5.79. The van der Waals surface area contributed by atoms with Gasteiger partial charge in [0.2, 0.25) is 11.8 Å². The van der Waals surface area contributed by atoms with E-state index in [4.69, 9.17) is 0 Å². The van der Waals surface area contributed by atoms with E-state index in [9.17, 15) is 9.59 Å². The Labute approximate surface area is 121 Å². The van der Waals surface area contributed by atoms with Crippen molar-refractivity contribution in [1.29, 1.82) is 0 Å². The molecule has 2 saturated heterocycles. The van der Waals surface area contributed by atoms with Gasteiger partial charge in [-0.1, -0.05) is 0 Å². The topological polar surface area (TPSA) is 52.7 Å². The zero-order valence-electron chi connectivity index (χ0n) is 12.9. The third-order valence-electron chi connectivity index (χ3n) is 4.52. The van der Waals surface area contributed by atoms with Crippen molar-refractivity contribution in [3.8, 4) is 0 Å². The fraction of sp³-hybridized carbons (Fsp3) is 0.867. The monoisotopic (exact) mass is 281 g/mol. The molecule has 2 aliphatic rings. The quantitative estimate of drug-likeness (QED) is 0.834. The van der Waals surface area contributed by atoms with Gasteiger partial charge in [0.25, 0.3) is 0 Å². The summed E-state index contributed by atoms with van der Waals surface area (Å²) in [4.78, 5) is 27.9. The summed E-state index contributed by atoms with van der Waals surface area (Å²) in [6, 6.07) is 0.717. The second kappa shape index (κ2) is 6.57. The maximum Gasteiger partial charge on any atom is 0.225 e. The van der Waals surface area contributed by atoms with E-state index in [0.717, 1.165) is 38.9 Å². The lowest BCUT2D eigenvalue weighted by atomic mass is 9.94. The highest BCUT2D eigenvalue weighted by atomic mass is 16.2. The van der Waals surface area contributed by atoms with Gasteiger partial charge in [0.15, 0.2) is 0 Å². The molecule has 0 unspecified atom stereocenters. The van der Waals surface area contributed by atoms with Crippen LogP contribution in [-0.4, -0.2) is 59.9 Å². The molecule has 20 heavy (non-hydrogen) atoms. The van der Waals surface area contributed by atoms with Gasteiger partial charge in [0.05, 0.1) is 0 Å². The summed E-state index contributed by atoms with van der Waals surface area (Å²) in [6.07, 6.45) is 2.83. The Balaban J connectivity index is 1.80.